The number of anilines is 1. The maximum atomic E-state index is 12.0. The SMILES string of the molecule is CCCC(=O)Nc1cncc(-c2ccc3[nH]nc(-c4nc5nccc(-n6cnc(C)c6)c5[nH]4)c3n2)c1. The number of nitrogens with one attached hydrogen (secondary N) is 3. The van der Waals surface area contributed by atoms with Crippen LogP contribution in [0.25, 0.3) is 50.7 Å². The Morgan fingerprint density at radius 2 is 2.06 bits per heavy atom. The standard InChI is InChI=1S/C25H22N10O/c1-3-4-20(36)29-16-9-15(10-26-11-16)17-5-6-18-21(30-17)23(34-33-18)25-31-22-19(7-8-27-24(22)32-25)35-12-14(2)28-13-35/h5-13H,3-4H2,1-2H3,(H,29,36)(H,33,34)(H,27,31,32). The average molecular weight is 479 g/mol. The summed E-state index contributed by atoms with van der Waals surface area (Å²) in [6.07, 6.45) is 10.0. The maximum absolute atomic E-state index is 12.0. The molecular weight excluding hydrogens is 456 g/mol. The number of aromatic nitrogens is 9. The zero-order valence-electron chi connectivity index (χ0n) is 19.6. The fourth-order valence-electron chi connectivity index (χ4n) is 4.10. The number of aryl methyl sites for hydroxylation is 1. The van der Waals surface area contributed by atoms with Gasteiger partial charge in [0.2, 0.25) is 5.91 Å². The third-order valence-electron chi connectivity index (χ3n) is 5.79. The zero-order chi connectivity index (χ0) is 24.6. The largest absolute Gasteiger partial charge is 0.333 e. The van der Waals surface area contributed by atoms with Crippen LogP contribution in [0.4, 0.5) is 5.69 Å². The molecule has 0 aliphatic carbocycles. The third-order valence-corrected chi connectivity index (χ3v) is 5.79. The molecule has 11 nitrogen and oxygen atoms in total. The van der Waals surface area contributed by atoms with Gasteiger partial charge >= 0.3 is 0 Å². The Balaban J connectivity index is 1.40. The van der Waals surface area contributed by atoms with Crippen LogP contribution in [0.15, 0.2) is 55.4 Å². The monoisotopic (exact) mass is 478 g/mol. The molecule has 0 atom stereocenters. The smallest absolute Gasteiger partial charge is 0.224 e. The number of carbonyl (C=O) groups is 1. The van der Waals surface area contributed by atoms with E-state index in [9.17, 15) is 4.79 Å². The van der Waals surface area contributed by atoms with Gasteiger partial charge in [0.05, 0.1) is 40.8 Å². The second-order valence-corrected chi connectivity index (χ2v) is 8.46. The molecule has 0 radical (unpaired) electrons. The van der Waals surface area contributed by atoms with Gasteiger partial charge in [-0.3, -0.25) is 14.9 Å². The Labute approximate surface area is 205 Å². The summed E-state index contributed by atoms with van der Waals surface area (Å²) in [5.74, 6) is 0.511. The molecule has 0 bridgehead atoms. The number of pyridine rings is 3. The molecule has 36 heavy (non-hydrogen) atoms. The lowest BCUT2D eigenvalue weighted by Crippen LogP contribution is -2.10. The minimum Gasteiger partial charge on any atom is -0.333 e. The second kappa shape index (κ2) is 8.69. The number of carbonyl (C=O) groups excluding carboxylic acids is 1. The van der Waals surface area contributed by atoms with Crippen molar-refractivity contribution in [2.24, 2.45) is 0 Å². The number of amides is 1. The highest BCUT2D eigenvalue weighted by atomic mass is 16.1. The predicted octanol–water partition coefficient (Wildman–Crippen LogP) is 4.19. The first-order valence-corrected chi connectivity index (χ1v) is 11.6. The summed E-state index contributed by atoms with van der Waals surface area (Å²) in [5.41, 5.74) is 7.27. The van der Waals surface area contributed by atoms with Crippen molar-refractivity contribution in [3.8, 4) is 28.5 Å². The average Bonchev–Trinajstić information content (AvgIpc) is 3.61. The van der Waals surface area contributed by atoms with Crippen molar-refractivity contribution < 1.29 is 4.79 Å². The van der Waals surface area contributed by atoms with Crippen molar-refractivity contribution in [3.05, 3.63) is 61.1 Å². The summed E-state index contributed by atoms with van der Waals surface area (Å²) in [7, 11) is 0. The molecule has 3 N–H and O–H groups in total. The summed E-state index contributed by atoms with van der Waals surface area (Å²) in [6, 6.07) is 7.57. The van der Waals surface area contributed by atoms with Crippen LogP contribution in [0.2, 0.25) is 0 Å². The van der Waals surface area contributed by atoms with Crippen molar-refractivity contribution in [2.45, 2.75) is 26.7 Å². The maximum Gasteiger partial charge on any atom is 0.224 e. The van der Waals surface area contributed by atoms with Crippen LogP contribution in [0, 0.1) is 6.92 Å². The van der Waals surface area contributed by atoms with Crippen LogP contribution in [-0.2, 0) is 4.79 Å². The molecule has 6 heterocycles. The van der Waals surface area contributed by atoms with E-state index in [1.165, 1.54) is 0 Å². The Morgan fingerprint density at radius 3 is 2.89 bits per heavy atom. The molecule has 0 saturated heterocycles. The van der Waals surface area contributed by atoms with Crippen LogP contribution in [-0.4, -0.2) is 50.6 Å². The van der Waals surface area contributed by atoms with E-state index in [2.05, 4.69) is 40.4 Å². The molecule has 11 heteroatoms. The van der Waals surface area contributed by atoms with Gasteiger partial charge in [0, 0.05) is 30.6 Å². The number of hydrogen-bond donors (Lipinski definition) is 3. The Morgan fingerprint density at radius 1 is 1.14 bits per heavy atom. The van der Waals surface area contributed by atoms with E-state index >= 15 is 0 Å². The Bertz CT molecular complexity index is 1730. The van der Waals surface area contributed by atoms with E-state index in [-0.39, 0.29) is 5.91 Å². The molecule has 0 unspecified atom stereocenters. The quantitative estimate of drug-likeness (QED) is 0.326. The molecule has 0 spiro atoms. The van der Waals surface area contributed by atoms with Crippen molar-refractivity contribution in [1.29, 1.82) is 0 Å². The van der Waals surface area contributed by atoms with Crippen LogP contribution in [0.3, 0.4) is 0 Å². The van der Waals surface area contributed by atoms with Crippen molar-refractivity contribution >= 4 is 33.8 Å². The van der Waals surface area contributed by atoms with Crippen molar-refractivity contribution in [2.75, 3.05) is 5.32 Å². The van der Waals surface area contributed by atoms with Crippen LogP contribution in [0.1, 0.15) is 25.5 Å². The van der Waals surface area contributed by atoms with Crippen LogP contribution < -0.4 is 5.32 Å². The van der Waals surface area contributed by atoms with E-state index < -0.39 is 0 Å². The summed E-state index contributed by atoms with van der Waals surface area (Å²) >= 11 is 0. The molecule has 0 aliphatic heterocycles. The number of hydrogen-bond acceptors (Lipinski definition) is 7. The minimum atomic E-state index is -0.0410. The van der Waals surface area contributed by atoms with Gasteiger partial charge in [-0.05, 0) is 37.6 Å². The second-order valence-electron chi connectivity index (χ2n) is 8.46. The summed E-state index contributed by atoms with van der Waals surface area (Å²) in [4.78, 5) is 37.9. The van der Waals surface area contributed by atoms with Gasteiger partial charge < -0.3 is 14.9 Å². The molecule has 1 amide bonds. The third kappa shape index (κ3) is 3.86. The number of H-pyrrole nitrogens is 2. The number of rotatable bonds is 6. The first-order chi connectivity index (χ1) is 17.6. The number of fused-ring (bicyclic) bond motifs is 2. The van der Waals surface area contributed by atoms with Crippen molar-refractivity contribution in [1.82, 2.24) is 44.7 Å². The van der Waals surface area contributed by atoms with Crippen LogP contribution in [0.5, 0.6) is 0 Å². The molecular formula is C25H22N10O. The number of nitrogens with zero attached hydrogens (tertiary/aromatic N) is 7. The molecule has 6 rings (SSSR count). The normalized spacial score (nSPS) is 11.4. The molecule has 0 saturated carbocycles. The lowest BCUT2D eigenvalue weighted by Gasteiger charge is -2.06. The first kappa shape index (κ1) is 21.6. The summed E-state index contributed by atoms with van der Waals surface area (Å²) in [6.45, 7) is 3.91. The van der Waals surface area contributed by atoms with Gasteiger partial charge in [-0.2, -0.15) is 5.10 Å². The Kier molecular flexibility index (Phi) is 5.21. The minimum absolute atomic E-state index is 0.0410. The lowest BCUT2D eigenvalue weighted by molar-refractivity contribution is -0.116. The fraction of sp³-hybridized carbons (Fsp3) is 0.160. The summed E-state index contributed by atoms with van der Waals surface area (Å²) in [5, 5.41) is 10.4. The highest BCUT2D eigenvalue weighted by Gasteiger charge is 2.17. The van der Waals surface area contributed by atoms with Gasteiger partial charge in [-0.1, -0.05) is 6.92 Å². The van der Waals surface area contributed by atoms with Gasteiger partial charge in [0.15, 0.2) is 17.2 Å². The molecule has 178 valence electrons. The summed E-state index contributed by atoms with van der Waals surface area (Å²) < 4.78 is 1.93. The van der Waals surface area contributed by atoms with E-state index in [0.29, 0.717) is 40.5 Å². The zero-order valence-corrected chi connectivity index (χ0v) is 19.6. The number of aromatic amines is 2. The van der Waals surface area contributed by atoms with Gasteiger partial charge in [-0.15, -0.1) is 0 Å². The molecule has 6 aromatic heterocycles. The molecule has 0 fully saturated rings. The number of imidazole rings is 2. The fourth-order valence-corrected chi connectivity index (χ4v) is 4.10. The molecule has 0 aliphatic rings. The van der Waals surface area contributed by atoms with E-state index in [4.69, 9.17) is 4.98 Å². The molecule has 0 aromatic carbocycles. The van der Waals surface area contributed by atoms with Crippen molar-refractivity contribution in [3.63, 3.8) is 0 Å². The lowest BCUT2D eigenvalue weighted by atomic mass is 10.1. The van der Waals surface area contributed by atoms with E-state index in [0.717, 1.165) is 34.4 Å². The molecule has 6 aromatic rings. The predicted molar refractivity (Wildman–Crippen MR) is 135 cm³/mol. The van der Waals surface area contributed by atoms with Gasteiger partial charge in [-0.25, -0.2) is 19.9 Å². The Hall–Kier alpha value is -4.93. The van der Waals surface area contributed by atoms with Crippen LogP contribution >= 0.6 is 0 Å². The van der Waals surface area contributed by atoms with E-state index in [1.807, 2.05) is 48.9 Å². The highest BCUT2D eigenvalue weighted by Crippen LogP contribution is 2.29. The van der Waals surface area contributed by atoms with Gasteiger partial charge in [0.1, 0.15) is 11.0 Å². The van der Waals surface area contributed by atoms with E-state index in [1.54, 1.807) is 24.9 Å². The topological polar surface area (TPSA) is 143 Å². The van der Waals surface area contributed by atoms with Gasteiger partial charge in [0.25, 0.3) is 0 Å². The first-order valence-electron chi connectivity index (χ1n) is 11.6. The highest BCUT2D eigenvalue weighted by molar-refractivity contribution is 5.93.